The standard InChI is InChI=1S/C15H21N5O/c1-4-11(3)17-14-10-16-20-15(19-14)18-12-6-8-13(9-7-12)21-5-2/h6-11H,4-5H2,1-3H3,(H2,17,18,19,20). The second-order valence-corrected chi connectivity index (χ2v) is 4.70. The molecule has 0 spiro atoms. The third kappa shape index (κ3) is 4.59. The minimum absolute atomic E-state index is 0.347. The lowest BCUT2D eigenvalue weighted by atomic mass is 10.3. The lowest BCUT2D eigenvalue weighted by Crippen LogP contribution is -2.15. The van der Waals surface area contributed by atoms with E-state index in [1.807, 2.05) is 31.2 Å². The molecule has 21 heavy (non-hydrogen) atoms. The highest BCUT2D eigenvalue weighted by molar-refractivity contribution is 5.55. The van der Waals surface area contributed by atoms with Crippen LogP contribution in [0.4, 0.5) is 17.5 Å². The van der Waals surface area contributed by atoms with Gasteiger partial charge < -0.3 is 15.4 Å². The minimum Gasteiger partial charge on any atom is -0.494 e. The van der Waals surface area contributed by atoms with Crippen LogP contribution in [0.25, 0.3) is 0 Å². The Kier molecular flexibility index (Phi) is 5.31. The average Bonchev–Trinajstić information content (AvgIpc) is 2.50. The van der Waals surface area contributed by atoms with Crippen molar-refractivity contribution < 1.29 is 4.74 Å². The first-order valence-electron chi connectivity index (χ1n) is 7.17. The Bertz CT molecular complexity index is 558. The van der Waals surface area contributed by atoms with Crippen molar-refractivity contribution in [2.24, 2.45) is 0 Å². The number of hydrogen-bond acceptors (Lipinski definition) is 6. The first kappa shape index (κ1) is 15.0. The van der Waals surface area contributed by atoms with E-state index in [4.69, 9.17) is 4.74 Å². The van der Waals surface area contributed by atoms with Crippen LogP contribution in [0.2, 0.25) is 0 Å². The Hall–Kier alpha value is -2.37. The van der Waals surface area contributed by atoms with Crippen LogP contribution < -0.4 is 15.4 Å². The maximum atomic E-state index is 5.40. The van der Waals surface area contributed by atoms with Gasteiger partial charge >= 0.3 is 0 Å². The van der Waals surface area contributed by atoms with E-state index in [1.54, 1.807) is 6.20 Å². The van der Waals surface area contributed by atoms with Gasteiger partial charge in [0.05, 0.1) is 12.8 Å². The van der Waals surface area contributed by atoms with Crippen LogP contribution in [0.3, 0.4) is 0 Å². The fourth-order valence-electron chi connectivity index (χ4n) is 1.71. The molecule has 1 atom stereocenters. The van der Waals surface area contributed by atoms with Crippen molar-refractivity contribution in [2.75, 3.05) is 17.2 Å². The summed E-state index contributed by atoms with van der Waals surface area (Å²) < 4.78 is 5.40. The van der Waals surface area contributed by atoms with Gasteiger partial charge in [-0.2, -0.15) is 10.1 Å². The number of nitrogens with one attached hydrogen (secondary N) is 2. The molecule has 0 radical (unpaired) electrons. The van der Waals surface area contributed by atoms with E-state index in [0.29, 0.717) is 24.4 Å². The summed E-state index contributed by atoms with van der Waals surface area (Å²) in [7, 11) is 0. The molecule has 6 heteroatoms. The molecule has 0 aliphatic carbocycles. The Labute approximate surface area is 125 Å². The zero-order valence-corrected chi connectivity index (χ0v) is 12.6. The van der Waals surface area contributed by atoms with Gasteiger partial charge in [-0.1, -0.05) is 6.92 Å². The van der Waals surface area contributed by atoms with Crippen molar-refractivity contribution in [2.45, 2.75) is 33.2 Å². The topological polar surface area (TPSA) is 72.0 Å². The summed E-state index contributed by atoms with van der Waals surface area (Å²) in [5.74, 6) is 2.02. The molecule has 6 nitrogen and oxygen atoms in total. The van der Waals surface area contributed by atoms with Crippen LogP contribution in [-0.2, 0) is 0 Å². The van der Waals surface area contributed by atoms with E-state index in [0.717, 1.165) is 17.9 Å². The predicted molar refractivity (Wildman–Crippen MR) is 84.1 cm³/mol. The van der Waals surface area contributed by atoms with Gasteiger partial charge in [0.2, 0.25) is 5.95 Å². The molecular formula is C15H21N5O. The molecule has 0 aliphatic rings. The van der Waals surface area contributed by atoms with E-state index >= 15 is 0 Å². The van der Waals surface area contributed by atoms with E-state index in [-0.39, 0.29) is 0 Å². The van der Waals surface area contributed by atoms with Crippen LogP contribution in [-0.4, -0.2) is 27.8 Å². The molecule has 1 heterocycles. The average molecular weight is 287 g/mol. The first-order chi connectivity index (χ1) is 10.2. The molecule has 0 amide bonds. The van der Waals surface area contributed by atoms with Gasteiger partial charge in [-0.3, -0.25) is 0 Å². The fraction of sp³-hybridized carbons (Fsp3) is 0.400. The smallest absolute Gasteiger partial charge is 0.249 e. The van der Waals surface area contributed by atoms with Gasteiger partial charge in [-0.05, 0) is 44.5 Å². The van der Waals surface area contributed by atoms with Gasteiger partial charge in [-0.15, -0.1) is 5.10 Å². The van der Waals surface area contributed by atoms with Crippen LogP contribution in [0.1, 0.15) is 27.2 Å². The molecule has 0 saturated heterocycles. The van der Waals surface area contributed by atoms with E-state index < -0.39 is 0 Å². The van der Waals surface area contributed by atoms with E-state index in [9.17, 15) is 0 Å². The molecule has 1 aromatic heterocycles. The van der Waals surface area contributed by atoms with Crippen LogP contribution in [0.15, 0.2) is 30.5 Å². The Balaban J connectivity index is 2.03. The monoisotopic (exact) mass is 287 g/mol. The van der Waals surface area contributed by atoms with Gasteiger partial charge in [-0.25, -0.2) is 0 Å². The van der Waals surface area contributed by atoms with Crippen molar-refractivity contribution in [3.63, 3.8) is 0 Å². The summed E-state index contributed by atoms with van der Waals surface area (Å²) in [5.41, 5.74) is 0.890. The molecule has 0 bridgehead atoms. The number of anilines is 3. The summed E-state index contributed by atoms with van der Waals surface area (Å²) in [6, 6.07) is 7.99. The van der Waals surface area contributed by atoms with Crippen LogP contribution in [0, 0.1) is 0 Å². The van der Waals surface area contributed by atoms with Gasteiger partial charge in [0.15, 0.2) is 5.82 Å². The molecule has 2 aromatic rings. The SMILES string of the molecule is CCOc1ccc(Nc2nncc(NC(C)CC)n2)cc1. The second-order valence-electron chi connectivity index (χ2n) is 4.70. The Morgan fingerprint density at radius 2 is 1.95 bits per heavy atom. The van der Waals surface area contributed by atoms with Crippen molar-refractivity contribution in [1.29, 1.82) is 0 Å². The Morgan fingerprint density at radius 1 is 1.19 bits per heavy atom. The predicted octanol–water partition coefficient (Wildman–Crippen LogP) is 3.22. The molecule has 2 rings (SSSR count). The lowest BCUT2D eigenvalue weighted by Gasteiger charge is -2.12. The van der Waals surface area contributed by atoms with E-state index in [1.165, 1.54) is 0 Å². The number of aromatic nitrogens is 3. The van der Waals surface area contributed by atoms with E-state index in [2.05, 4.69) is 39.7 Å². The van der Waals surface area contributed by atoms with Crippen molar-refractivity contribution in [1.82, 2.24) is 15.2 Å². The second kappa shape index (κ2) is 7.42. The molecule has 2 N–H and O–H groups in total. The third-order valence-corrected chi connectivity index (χ3v) is 2.99. The molecule has 1 unspecified atom stereocenters. The maximum Gasteiger partial charge on any atom is 0.249 e. The van der Waals surface area contributed by atoms with Crippen LogP contribution in [0.5, 0.6) is 5.75 Å². The summed E-state index contributed by atoms with van der Waals surface area (Å²) in [4.78, 5) is 4.39. The zero-order chi connectivity index (χ0) is 15.1. The molecule has 1 aromatic carbocycles. The molecule has 0 saturated carbocycles. The van der Waals surface area contributed by atoms with Crippen LogP contribution >= 0.6 is 0 Å². The Morgan fingerprint density at radius 3 is 2.62 bits per heavy atom. The fourth-order valence-corrected chi connectivity index (χ4v) is 1.71. The summed E-state index contributed by atoms with van der Waals surface area (Å²) in [5, 5.41) is 14.3. The van der Waals surface area contributed by atoms with Gasteiger partial charge in [0.25, 0.3) is 0 Å². The normalized spacial score (nSPS) is 11.8. The highest BCUT2D eigenvalue weighted by Crippen LogP contribution is 2.18. The number of hydrogen-bond donors (Lipinski definition) is 2. The van der Waals surface area contributed by atoms with Crippen molar-refractivity contribution >= 4 is 17.5 Å². The first-order valence-corrected chi connectivity index (χ1v) is 7.17. The molecule has 0 fully saturated rings. The minimum atomic E-state index is 0.347. The van der Waals surface area contributed by atoms with Gasteiger partial charge in [0.1, 0.15) is 5.75 Å². The molecule has 0 aliphatic heterocycles. The molecule has 112 valence electrons. The number of nitrogens with zero attached hydrogens (tertiary/aromatic N) is 3. The third-order valence-electron chi connectivity index (χ3n) is 2.99. The molecular weight excluding hydrogens is 266 g/mol. The highest BCUT2D eigenvalue weighted by Gasteiger charge is 2.04. The summed E-state index contributed by atoms with van der Waals surface area (Å²) in [6.07, 6.45) is 2.64. The number of rotatable bonds is 7. The number of ether oxygens (including phenoxy) is 1. The maximum absolute atomic E-state index is 5.40. The summed E-state index contributed by atoms with van der Waals surface area (Å²) >= 11 is 0. The van der Waals surface area contributed by atoms with Gasteiger partial charge in [0, 0.05) is 11.7 Å². The number of benzene rings is 1. The summed E-state index contributed by atoms with van der Waals surface area (Å²) in [6.45, 7) is 6.83. The highest BCUT2D eigenvalue weighted by atomic mass is 16.5. The largest absolute Gasteiger partial charge is 0.494 e. The zero-order valence-electron chi connectivity index (χ0n) is 12.6. The van der Waals surface area contributed by atoms with Crippen molar-refractivity contribution in [3.05, 3.63) is 30.5 Å². The lowest BCUT2D eigenvalue weighted by molar-refractivity contribution is 0.340. The van der Waals surface area contributed by atoms with Crippen molar-refractivity contribution in [3.8, 4) is 5.75 Å². The quantitative estimate of drug-likeness (QED) is 0.814.